The number of likely N-dealkylation sites (N-methyl/N-ethyl adjacent to an activating group) is 1. The van der Waals surface area contributed by atoms with Crippen molar-refractivity contribution in [3.63, 3.8) is 0 Å². The number of carbonyl (C=O) groups is 1. The van der Waals surface area contributed by atoms with Crippen LogP contribution in [0.15, 0.2) is 48.5 Å². The quantitative estimate of drug-likeness (QED) is 0.933. The molecule has 0 radical (unpaired) electrons. The fraction of sp³-hybridized carbons (Fsp3) is 0.316. The molecule has 1 N–H and O–H groups in total. The number of amides is 1. The van der Waals surface area contributed by atoms with Crippen LogP contribution < -0.4 is 10.2 Å². The summed E-state index contributed by atoms with van der Waals surface area (Å²) >= 11 is 0. The van der Waals surface area contributed by atoms with Crippen LogP contribution in [0.4, 0.5) is 11.4 Å². The lowest BCUT2D eigenvalue weighted by molar-refractivity contribution is -0.116. The molecule has 0 fully saturated rings. The summed E-state index contributed by atoms with van der Waals surface area (Å²) in [6.45, 7) is 0.321. The van der Waals surface area contributed by atoms with Gasteiger partial charge >= 0.3 is 0 Å². The third-order valence-electron chi connectivity index (χ3n) is 4.34. The zero-order valence-corrected chi connectivity index (χ0v) is 13.0. The molecule has 22 heavy (non-hydrogen) atoms. The maximum absolute atomic E-state index is 12.3. The Morgan fingerprint density at radius 2 is 1.82 bits per heavy atom. The topological polar surface area (TPSA) is 32.3 Å². The molecule has 114 valence electrons. The number of aryl methyl sites for hydroxylation is 1. The minimum atomic E-state index is 0.0691. The fourth-order valence-corrected chi connectivity index (χ4v) is 3.03. The highest BCUT2D eigenvalue weighted by atomic mass is 16.2. The van der Waals surface area contributed by atoms with Gasteiger partial charge in [0.15, 0.2) is 0 Å². The van der Waals surface area contributed by atoms with Crippen molar-refractivity contribution in [3.8, 4) is 0 Å². The van der Waals surface area contributed by atoms with Crippen molar-refractivity contribution in [2.24, 2.45) is 0 Å². The molecule has 3 nitrogen and oxygen atoms in total. The van der Waals surface area contributed by atoms with Crippen molar-refractivity contribution < 1.29 is 4.79 Å². The molecular formula is C19H22N2O. The van der Waals surface area contributed by atoms with E-state index in [0.717, 1.165) is 24.2 Å². The fourth-order valence-electron chi connectivity index (χ4n) is 3.03. The van der Waals surface area contributed by atoms with Gasteiger partial charge in [0.2, 0.25) is 5.91 Å². The van der Waals surface area contributed by atoms with Crippen LogP contribution in [0.2, 0.25) is 0 Å². The molecule has 0 bridgehead atoms. The standard InChI is InChI=1S/C19H22N2O/c1-21(16-10-3-2-4-11-16)19(22)14-20-18-13-7-9-15-8-5-6-12-17(15)18/h2-4,7,9-11,13,20H,5-6,8,12,14H2,1H3. The molecule has 1 amide bonds. The van der Waals surface area contributed by atoms with Gasteiger partial charge in [0, 0.05) is 18.4 Å². The zero-order valence-electron chi connectivity index (χ0n) is 13.0. The van der Waals surface area contributed by atoms with E-state index in [0.29, 0.717) is 6.54 Å². The van der Waals surface area contributed by atoms with Crippen molar-refractivity contribution in [2.45, 2.75) is 25.7 Å². The number of carbonyl (C=O) groups excluding carboxylic acids is 1. The Hall–Kier alpha value is -2.29. The molecule has 0 atom stereocenters. The van der Waals surface area contributed by atoms with E-state index >= 15 is 0 Å². The number of fused-ring (bicyclic) bond motifs is 1. The summed E-state index contributed by atoms with van der Waals surface area (Å²) in [5, 5.41) is 3.33. The van der Waals surface area contributed by atoms with Crippen LogP contribution in [-0.4, -0.2) is 19.5 Å². The van der Waals surface area contributed by atoms with Crippen LogP contribution in [0.5, 0.6) is 0 Å². The predicted octanol–water partition coefficient (Wildman–Crippen LogP) is 3.64. The maximum Gasteiger partial charge on any atom is 0.246 e. The summed E-state index contributed by atoms with van der Waals surface area (Å²) < 4.78 is 0. The molecule has 3 heteroatoms. The summed E-state index contributed by atoms with van der Waals surface area (Å²) in [5.74, 6) is 0.0691. The number of hydrogen-bond donors (Lipinski definition) is 1. The van der Waals surface area contributed by atoms with E-state index in [-0.39, 0.29) is 5.91 Å². The maximum atomic E-state index is 12.3. The number of rotatable bonds is 4. The van der Waals surface area contributed by atoms with Gasteiger partial charge in [0.25, 0.3) is 0 Å². The van der Waals surface area contributed by atoms with E-state index < -0.39 is 0 Å². The SMILES string of the molecule is CN(C(=O)CNc1cccc2c1CCCC2)c1ccccc1. The first-order valence-electron chi connectivity index (χ1n) is 7.92. The third-order valence-corrected chi connectivity index (χ3v) is 4.34. The lowest BCUT2D eigenvalue weighted by Gasteiger charge is -2.22. The van der Waals surface area contributed by atoms with E-state index in [9.17, 15) is 4.79 Å². The Morgan fingerprint density at radius 3 is 2.64 bits per heavy atom. The highest BCUT2D eigenvalue weighted by Gasteiger charge is 2.15. The molecule has 0 saturated heterocycles. The Morgan fingerprint density at radius 1 is 1.05 bits per heavy atom. The minimum Gasteiger partial charge on any atom is -0.376 e. The Labute approximate surface area is 132 Å². The summed E-state index contributed by atoms with van der Waals surface area (Å²) in [6, 6.07) is 16.1. The number of hydrogen-bond acceptors (Lipinski definition) is 2. The second-order valence-electron chi connectivity index (χ2n) is 5.79. The molecule has 0 saturated carbocycles. The largest absolute Gasteiger partial charge is 0.376 e. The molecule has 3 rings (SSSR count). The van der Waals surface area contributed by atoms with E-state index in [1.807, 2.05) is 37.4 Å². The van der Waals surface area contributed by atoms with Crippen molar-refractivity contribution >= 4 is 17.3 Å². The monoisotopic (exact) mass is 294 g/mol. The lowest BCUT2D eigenvalue weighted by atomic mass is 9.90. The van der Waals surface area contributed by atoms with Crippen molar-refractivity contribution in [1.29, 1.82) is 0 Å². The van der Waals surface area contributed by atoms with Crippen molar-refractivity contribution in [3.05, 3.63) is 59.7 Å². The van der Waals surface area contributed by atoms with Gasteiger partial charge < -0.3 is 10.2 Å². The highest BCUT2D eigenvalue weighted by Crippen LogP contribution is 2.27. The van der Waals surface area contributed by atoms with Gasteiger partial charge in [-0.05, 0) is 55.0 Å². The van der Waals surface area contributed by atoms with Gasteiger partial charge in [0.1, 0.15) is 0 Å². The molecule has 1 aliphatic rings. The van der Waals surface area contributed by atoms with Gasteiger partial charge in [-0.25, -0.2) is 0 Å². The van der Waals surface area contributed by atoms with Crippen LogP contribution in [0.3, 0.4) is 0 Å². The first kappa shape index (κ1) is 14.6. The van der Waals surface area contributed by atoms with E-state index in [2.05, 4.69) is 23.5 Å². The normalized spacial score (nSPS) is 13.3. The lowest BCUT2D eigenvalue weighted by Crippen LogP contribution is -2.32. The smallest absolute Gasteiger partial charge is 0.246 e. The Balaban J connectivity index is 1.67. The van der Waals surface area contributed by atoms with Gasteiger partial charge in [-0.15, -0.1) is 0 Å². The summed E-state index contributed by atoms with van der Waals surface area (Å²) in [6.07, 6.45) is 4.78. The van der Waals surface area contributed by atoms with Crippen LogP contribution in [0.25, 0.3) is 0 Å². The molecule has 0 heterocycles. The van der Waals surface area contributed by atoms with Crippen LogP contribution in [-0.2, 0) is 17.6 Å². The highest BCUT2D eigenvalue weighted by molar-refractivity contribution is 5.95. The van der Waals surface area contributed by atoms with Crippen LogP contribution in [0.1, 0.15) is 24.0 Å². The second kappa shape index (κ2) is 6.65. The number of nitrogens with one attached hydrogen (secondary N) is 1. The molecule has 0 unspecified atom stereocenters. The van der Waals surface area contributed by atoms with Crippen LogP contribution in [0, 0.1) is 0 Å². The molecule has 0 aromatic heterocycles. The summed E-state index contributed by atoms with van der Waals surface area (Å²) in [7, 11) is 1.82. The number of benzene rings is 2. The third kappa shape index (κ3) is 3.14. The van der Waals surface area contributed by atoms with E-state index in [1.165, 1.54) is 24.0 Å². The first-order valence-corrected chi connectivity index (χ1v) is 7.92. The van der Waals surface area contributed by atoms with E-state index in [4.69, 9.17) is 0 Å². The van der Waals surface area contributed by atoms with Gasteiger partial charge in [-0.2, -0.15) is 0 Å². The first-order chi connectivity index (χ1) is 10.8. The zero-order chi connectivity index (χ0) is 15.4. The molecule has 0 spiro atoms. The van der Waals surface area contributed by atoms with Gasteiger partial charge in [-0.3, -0.25) is 4.79 Å². The van der Waals surface area contributed by atoms with Crippen molar-refractivity contribution in [2.75, 3.05) is 23.8 Å². The molecule has 2 aromatic rings. The van der Waals surface area contributed by atoms with Gasteiger partial charge in [-0.1, -0.05) is 30.3 Å². The summed E-state index contributed by atoms with van der Waals surface area (Å²) in [4.78, 5) is 14.0. The number of para-hydroxylation sites is 1. The molecule has 2 aromatic carbocycles. The average Bonchev–Trinajstić information content (AvgIpc) is 2.59. The second-order valence-corrected chi connectivity index (χ2v) is 5.79. The Kier molecular flexibility index (Phi) is 4.42. The van der Waals surface area contributed by atoms with E-state index in [1.54, 1.807) is 4.90 Å². The number of anilines is 2. The average molecular weight is 294 g/mol. The van der Waals surface area contributed by atoms with Crippen molar-refractivity contribution in [1.82, 2.24) is 0 Å². The number of nitrogens with zero attached hydrogens (tertiary/aromatic N) is 1. The molecule has 1 aliphatic carbocycles. The molecule has 0 aliphatic heterocycles. The summed E-state index contributed by atoms with van der Waals surface area (Å²) in [5.41, 5.74) is 4.86. The predicted molar refractivity (Wildman–Crippen MR) is 91.4 cm³/mol. The Bertz CT molecular complexity index is 652. The van der Waals surface area contributed by atoms with Gasteiger partial charge in [0.05, 0.1) is 6.54 Å². The minimum absolute atomic E-state index is 0.0691. The molecular weight excluding hydrogens is 272 g/mol. The van der Waals surface area contributed by atoms with Crippen LogP contribution >= 0.6 is 0 Å².